The minimum absolute atomic E-state index is 0.00542. The molecule has 7 heteroatoms. The van der Waals surface area contributed by atoms with Crippen LogP contribution in [-0.2, 0) is 16.1 Å². The standard InChI is InChI=1S/C29H27FN4O2/c30-24-16-14-21(15-17-24)27-23(20-34(32-27)25-11-5-2-6-12-25)19-31-29(36)28(22-9-3-1-4-10-22)33-18-8-7-13-26(33)35/h1-6,9-12,14-17,20,28H,7-8,13,18-19H2,(H,31,36). The number of benzene rings is 3. The summed E-state index contributed by atoms with van der Waals surface area (Å²) in [7, 11) is 0. The van der Waals surface area contributed by atoms with Gasteiger partial charge in [-0.15, -0.1) is 0 Å². The van der Waals surface area contributed by atoms with Gasteiger partial charge in [0.05, 0.1) is 11.4 Å². The van der Waals surface area contributed by atoms with Crippen molar-refractivity contribution >= 4 is 11.8 Å². The number of nitrogens with one attached hydrogen (secondary N) is 1. The van der Waals surface area contributed by atoms with Gasteiger partial charge < -0.3 is 10.2 Å². The highest BCUT2D eigenvalue weighted by atomic mass is 19.1. The van der Waals surface area contributed by atoms with Crippen LogP contribution in [-0.4, -0.2) is 33.0 Å². The Kier molecular flexibility index (Phi) is 6.89. The van der Waals surface area contributed by atoms with E-state index in [9.17, 15) is 14.0 Å². The molecule has 1 atom stereocenters. The first-order valence-corrected chi connectivity index (χ1v) is 12.1. The molecule has 36 heavy (non-hydrogen) atoms. The summed E-state index contributed by atoms with van der Waals surface area (Å²) < 4.78 is 15.3. The number of rotatable bonds is 7. The maximum Gasteiger partial charge on any atom is 0.247 e. The monoisotopic (exact) mass is 482 g/mol. The molecule has 0 bridgehead atoms. The maximum absolute atomic E-state index is 13.6. The van der Waals surface area contributed by atoms with Gasteiger partial charge in [-0.1, -0.05) is 48.5 Å². The fourth-order valence-electron chi connectivity index (χ4n) is 4.59. The maximum atomic E-state index is 13.6. The first-order valence-electron chi connectivity index (χ1n) is 12.1. The van der Waals surface area contributed by atoms with E-state index < -0.39 is 6.04 Å². The number of halogens is 1. The summed E-state index contributed by atoms with van der Waals surface area (Å²) in [5.41, 5.74) is 3.85. The van der Waals surface area contributed by atoms with Gasteiger partial charge in [0.15, 0.2) is 0 Å². The van der Waals surface area contributed by atoms with E-state index in [0.29, 0.717) is 18.7 Å². The molecular formula is C29H27FN4O2. The van der Waals surface area contributed by atoms with E-state index in [1.165, 1.54) is 12.1 Å². The predicted molar refractivity (Wildman–Crippen MR) is 136 cm³/mol. The van der Waals surface area contributed by atoms with Crippen molar-refractivity contribution in [1.29, 1.82) is 0 Å². The van der Waals surface area contributed by atoms with Crippen molar-refractivity contribution < 1.29 is 14.0 Å². The molecular weight excluding hydrogens is 455 g/mol. The molecule has 3 aromatic carbocycles. The van der Waals surface area contributed by atoms with Crippen molar-refractivity contribution in [2.75, 3.05) is 6.54 Å². The zero-order valence-electron chi connectivity index (χ0n) is 19.8. The summed E-state index contributed by atoms with van der Waals surface area (Å²) in [5.74, 6) is -0.573. The van der Waals surface area contributed by atoms with E-state index in [1.807, 2.05) is 66.9 Å². The molecule has 0 aliphatic carbocycles. The Hall–Kier alpha value is -4.26. The molecule has 0 spiro atoms. The van der Waals surface area contributed by atoms with Crippen molar-refractivity contribution in [3.63, 3.8) is 0 Å². The third-order valence-corrected chi connectivity index (χ3v) is 6.42. The second kappa shape index (κ2) is 10.6. The number of nitrogens with zero attached hydrogens (tertiary/aromatic N) is 3. The molecule has 0 radical (unpaired) electrons. The van der Waals surface area contributed by atoms with Gasteiger partial charge in [0.2, 0.25) is 11.8 Å². The summed E-state index contributed by atoms with van der Waals surface area (Å²) in [6.07, 6.45) is 4.05. The summed E-state index contributed by atoms with van der Waals surface area (Å²) in [6, 6.07) is 24.5. The van der Waals surface area contributed by atoms with E-state index in [1.54, 1.807) is 21.7 Å². The van der Waals surface area contributed by atoms with Crippen molar-refractivity contribution in [3.8, 4) is 16.9 Å². The van der Waals surface area contributed by atoms with Gasteiger partial charge in [-0.2, -0.15) is 5.10 Å². The van der Waals surface area contributed by atoms with Gasteiger partial charge in [0, 0.05) is 36.8 Å². The summed E-state index contributed by atoms with van der Waals surface area (Å²) in [6.45, 7) is 0.766. The van der Waals surface area contributed by atoms with Gasteiger partial charge >= 0.3 is 0 Å². The normalized spacial score (nSPS) is 14.5. The average Bonchev–Trinajstić information content (AvgIpc) is 3.35. The van der Waals surface area contributed by atoms with Crippen LogP contribution < -0.4 is 5.32 Å². The van der Waals surface area contributed by atoms with Crippen LogP contribution >= 0.6 is 0 Å². The second-order valence-electron chi connectivity index (χ2n) is 8.87. The Balaban J connectivity index is 1.44. The fraction of sp³-hybridized carbons (Fsp3) is 0.207. The summed E-state index contributed by atoms with van der Waals surface area (Å²) >= 11 is 0. The van der Waals surface area contributed by atoms with E-state index in [2.05, 4.69) is 5.32 Å². The topological polar surface area (TPSA) is 67.2 Å². The van der Waals surface area contributed by atoms with E-state index in [0.717, 1.165) is 35.2 Å². The van der Waals surface area contributed by atoms with Crippen LogP contribution in [0.15, 0.2) is 91.1 Å². The molecule has 1 fully saturated rings. The van der Waals surface area contributed by atoms with Crippen molar-refractivity contribution in [2.45, 2.75) is 31.8 Å². The Morgan fingerprint density at radius 2 is 1.64 bits per heavy atom. The molecule has 1 aliphatic rings. The average molecular weight is 483 g/mol. The Bertz CT molecular complexity index is 1340. The Morgan fingerprint density at radius 1 is 0.944 bits per heavy atom. The fourth-order valence-corrected chi connectivity index (χ4v) is 4.59. The van der Waals surface area contributed by atoms with Gasteiger partial charge in [0.25, 0.3) is 0 Å². The Morgan fingerprint density at radius 3 is 2.33 bits per heavy atom. The van der Waals surface area contributed by atoms with Crippen LogP contribution in [0.4, 0.5) is 4.39 Å². The molecule has 182 valence electrons. The molecule has 1 aromatic heterocycles. The lowest BCUT2D eigenvalue weighted by atomic mass is 10.00. The van der Waals surface area contributed by atoms with Crippen molar-refractivity contribution in [1.82, 2.24) is 20.0 Å². The molecule has 2 heterocycles. The van der Waals surface area contributed by atoms with E-state index in [4.69, 9.17) is 5.10 Å². The van der Waals surface area contributed by atoms with Crippen LogP contribution in [0, 0.1) is 5.82 Å². The van der Waals surface area contributed by atoms with E-state index >= 15 is 0 Å². The quantitative estimate of drug-likeness (QED) is 0.401. The number of piperidine rings is 1. The lowest BCUT2D eigenvalue weighted by molar-refractivity contribution is -0.142. The van der Waals surface area contributed by atoms with Crippen LogP contribution in [0.1, 0.15) is 36.4 Å². The van der Waals surface area contributed by atoms with Crippen LogP contribution in [0.3, 0.4) is 0 Å². The molecule has 4 aromatic rings. The van der Waals surface area contributed by atoms with Crippen LogP contribution in [0.25, 0.3) is 16.9 Å². The molecule has 1 N–H and O–H groups in total. The molecule has 1 saturated heterocycles. The van der Waals surface area contributed by atoms with Gasteiger partial charge in [-0.25, -0.2) is 9.07 Å². The molecule has 5 rings (SSSR count). The lowest BCUT2D eigenvalue weighted by Gasteiger charge is -2.34. The third-order valence-electron chi connectivity index (χ3n) is 6.42. The minimum Gasteiger partial charge on any atom is -0.350 e. The first kappa shape index (κ1) is 23.5. The molecule has 1 unspecified atom stereocenters. The molecule has 1 aliphatic heterocycles. The van der Waals surface area contributed by atoms with Crippen molar-refractivity contribution in [3.05, 3.63) is 108 Å². The minimum atomic E-state index is -0.697. The highest BCUT2D eigenvalue weighted by Gasteiger charge is 2.32. The summed E-state index contributed by atoms with van der Waals surface area (Å²) in [4.78, 5) is 27.9. The first-order chi connectivity index (χ1) is 17.6. The lowest BCUT2D eigenvalue weighted by Crippen LogP contribution is -2.45. The third kappa shape index (κ3) is 5.05. The van der Waals surface area contributed by atoms with Gasteiger partial charge in [-0.05, 0) is 54.8 Å². The summed E-state index contributed by atoms with van der Waals surface area (Å²) in [5, 5.41) is 7.78. The second-order valence-corrected chi connectivity index (χ2v) is 8.87. The molecule has 0 saturated carbocycles. The molecule has 6 nitrogen and oxygen atoms in total. The predicted octanol–water partition coefficient (Wildman–Crippen LogP) is 5.05. The number of hydrogen-bond donors (Lipinski definition) is 1. The van der Waals surface area contributed by atoms with Crippen LogP contribution in [0.5, 0.6) is 0 Å². The van der Waals surface area contributed by atoms with Crippen LogP contribution in [0.2, 0.25) is 0 Å². The Labute approximate surface area is 209 Å². The number of para-hydroxylation sites is 1. The number of carbonyl (C=O) groups excluding carboxylic acids is 2. The zero-order chi connectivity index (χ0) is 24.9. The molecule has 2 amide bonds. The van der Waals surface area contributed by atoms with Crippen molar-refractivity contribution in [2.24, 2.45) is 0 Å². The van der Waals surface area contributed by atoms with E-state index in [-0.39, 0.29) is 24.2 Å². The van der Waals surface area contributed by atoms with Gasteiger partial charge in [-0.3, -0.25) is 9.59 Å². The largest absolute Gasteiger partial charge is 0.350 e. The number of amides is 2. The highest BCUT2D eigenvalue weighted by molar-refractivity contribution is 5.89. The number of likely N-dealkylation sites (tertiary alicyclic amines) is 1. The number of hydrogen-bond acceptors (Lipinski definition) is 3. The zero-order valence-corrected chi connectivity index (χ0v) is 19.8. The SMILES string of the molecule is O=C(NCc1cn(-c2ccccc2)nc1-c1ccc(F)cc1)C(c1ccccc1)N1CCCCC1=O. The number of aromatic nitrogens is 2. The highest BCUT2D eigenvalue weighted by Crippen LogP contribution is 2.27. The number of carbonyl (C=O) groups is 2. The van der Waals surface area contributed by atoms with Gasteiger partial charge in [0.1, 0.15) is 11.9 Å². The smallest absolute Gasteiger partial charge is 0.247 e.